The van der Waals surface area contributed by atoms with Crippen molar-refractivity contribution in [3.8, 4) is 0 Å². The van der Waals surface area contributed by atoms with Crippen molar-refractivity contribution in [2.75, 3.05) is 6.54 Å². The van der Waals surface area contributed by atoms with Crippen molar-refractivity contribution in [3.05, 3.63) is 17.5 Å². The van der Waals surface area contributed by atoms with Gasteiger partial charge in [0, 0.05) is 18.7 Å². The van der Waals surface area contributed by atoms with Crippen molar-refractivity contribution in [3.63, 3.8) is 0 Å². The fourth-order valence-electron chi connectivity index (χ4n) is 1.49. The molecule has 0 aliphatic rings. The molecule has 0 spiro atoms. The van der Waals surface area contributed by atoms with Crippen molar-refractivity contribution < 1.29 is 19.8 Å². The molecule has 1 rings (SSSR count). The first-order chi connectivity index (χ1) is 8.40. The molecule has 0 saturated carbocycles. The van der Waals surface area contributed by atoms with Crippen molar-refractivity contribution in [2.45, 2.75) is 32.9 Å². The summed E-state index contributed by atoms with van der Waals surface area (Å²) in [6.07, 6.45) is -1.38. The number of aromatic nitrogens is 2. The molecule has 1 heterocycles. The average molecular weight is 255 g/mol. The Labute approximate surface area is 104 Å². The molecule has 1 amide bonds. The maximum absolute atomic E-state index is 11.4. The van der Waals surface area contributed by atoms with Gasteiger partial charge in [0.15, 0.2) is 6.10 Å². The molecule has 1 aromatic heterocycles. The third kappa shape index (κ3) is 4.17. The van der Waals surface area contributed by atoms with E-state index < -0.39 is 12.1 Å². The molecule has 0 aliphatic carbocycles. The second-order valence-electron chi connectivity index (χ2n) is 4.06. The highest BCUT2D eigenvalue weighted by atomic mass is 16.4. The molecule has 1 aromatic rings. The van der Waals surface area contributed by atoms with Gasteiger partial charge in [-0.2, -0.15) is 5.10 Å². The van der Waals surface area contributed by atoms with Crippen LogP contribution in [-0.4, -0.2) is 44.5 Å². The molecule has 0 bridgehead atoms. The minimum atomic E-state index is -1.57. The van der Waals surface area contributed by atoms with E-state index in [1.165, 1.54) is 0 Å². The second-order valence-corrected chi connectivity index (χ2v) is 4.06. The fraction of sp³-hybridized carbons (Fsp3) is 0.545. The van der Waals surface area contributed by atoms with Crippen LogP contribution in [0.2, 0.25) is 0 Å². The summed E-state index contributed by atoms with van der Waals surface area (Å²) in [6, 6.07) is 1.91. The van der Waals surface area contributed by atoms with Crippen LogP contribution in [0.15, 0.2) is 6.07 Å². The van der Waals surface area contributed by atoms with Crippen LogP contribution in [0, 0.1) is 13.8 Å². The summed E-state index contributed by atoms with van der Waals surface area (Å²) in [5, 5.41) is 24.0. The van der Waals surface area contributed by atoms with E-state index in [1.54, 1.807) is 4.68 Å². The Balaban J connectivity index is 2.33. The highest BCUT2D eigenvalue weighted by molar-refractivity contribution is 5.77. The number of carboxylic acid groups (broad SMARTS) is 1. The van der Waals surface area contributed by atoms with Crippen LogP contribution in [0.3, 0.4) is 0 Å². The molecule has 1 atom stereocenters. The van der Waals surface area contributed by atoms with Crippen molar-refractivity contribution in [1.82, 2.24) is 15.1 Å². The zero-order valence-electron chi connectivity index (χ0n) is 10.4. The van der Waals surface area contributed by atoms with Crippen LogP contribution in [0.1, 0.15) is 17.8 Å². The van der Waals surface area contributed by atoms with Crippen LogP contribution in [0.25, 0.3) is 0 Å². The SMILES string of the molecule is Cc1cc(C)n(CCC(=O)NC[C@H](O)C(=O)O)n1. The van der Waals surface area contributed by atoms with Crippen molar-refractivity contribution in [1.29, 1.82) is 0 Å². The Morgan fingerprint density at radius 2 is 2.17 bits per heavy atom. The zero-order valence-corrected chi connectivity index (χ0v) is 10.4. The Morgan fingerprint density at radius 3 is 2.67 bits per heavy atom. The van der Waals surface area contributed by atoms with E-state index in [0.717, 1.165) is 11.4 Å². The molecular weight excluding hydrogens is 238 g/mol. The number of nitrogens with zero attached hydrogens (tertiary/aromatic N) is 2. The lowest BCUT2D eigenvalue weighted by atomic mass is 10.3. The van der Waals surface area contributed by atoms with Crippen LogP contribution in [0.4, 0.5) is 0 Å². The molecule has 0 aromatic carbocycles. The van der Waals surface area contributed by atoms with Gasteiger partial charge < -0.3 is 15.5 Å². The fourth-order valence-corrected chi connectivity index (χ4v) is 1.49. The van der Waals surface area contributed by atoms with E-state index in [0.29, 0.717) is 6.54 Å². The van der Waals surface area contributed by atoms with Gasteiger partial charge >= 0.3 is 5.97 Å². The van der Waals surface area contributed by atoms with Crippen molar-refractivity contribution >= 4 is 11.9 Å². The summed E-state index contributed by atoms with van der Waals surface area (Å²) in [7, 11) is 0. The van der Waals surface area contributed by atoms with Gasteiger partial charge in [-0.05, 0) is 19.9 Å². The number of amides is 1. The number of aliphatic hydroxyl groups is 1. The van der Waals surface area contributed by atoms with E-state index in [-0.39, 0.29) is 18.9 Å². The number of rotatable bonds is 6. The molecular formula is C11H17N3O4. The minimum absolute atomic E-state index is 0.189. The Hall–Kier alpha value is -1.89. The zero-order chi connectivity index (χ0) is 13.7. The van der Waals surface area contributed by atoms with Gasteiger partial charge in [0.2, 0.25) is 5.91 Å². The lowest BCUT2D eigenvalue weighted by Gasteiger charge is -2.08. The van der Waals surface area contributed by atoms with E-state index in [9.17, 15) is 9.59 Å². The molecule has 0 radical (unpaired) electrons. The first-order valence-corrected chi connectivity index (χ1v) is 5.58. The van der Waals surface area contributed by atoms with Gasteiger partial charge in [-0.15, -0.1) is 0 Å². The number of aryl methyl sites for hydroxylation is 3. The standard InChI is InChI=1S/C11H17N3O4/c1-7-5-8(2)14(13-7)4-3-10(16)12-6-9(15)11(17)18/h5,9,15H,3-4,6H2,1-2H3,(H,12,16)(H,17,18)/t9-/m0/s1. The highest BCUT2D eigenvalue weighted by Gasteiger charge is 2.14. The van der Waals surface area contributed by atoms with Crippen LogP contribution in [-0.2, 0) is 16.1 Å². The number of aliphatic hydroxyl groups excluding tert-OH is 1. The largest absolute Gasteiger partial charge is 0.479 e. The van der Waals surface area contributed by atoms with E-state index in [1.807, 2.05) is 19.9 Å². The molecule has 0 saturated heterocycles. The van der Waals surface area contributed by atoms with Crippen LogP contribution < -0.4 is 5.32 Å². The van der Waals surface area contributed by atoms with Gasteiger partial charge in [-0.25, -0.2) is 4.79 Å². The van der Waals surface area contributed by atoms with Crippen LogP contribution >= 0.6 is 0 Å². The molecule has 18 heavy (non-hydrogen) atoms. The van der Waals surface area contributed by atoms with E-state index in [4.69, 9.17) is 10.2 Å². The van der Waals surface area contributed by atoms with Gasteiger partial charge in [-0.1, -0.05) is 0 Å². The predicted octanol–water partition coefficient (Wildman–Crippen LogP) is -0.548. The molecule has 7 nitrogen and oxygen atoms in total. The number of carbonyl (C=O) groups is 2. The topological polar surface area (TPSA) is 104 Å². The van der Waals surface area contributed by atoms with Gasteiger partial charge in [0.25, 0.3) is 0 Å². The maximum atomic E-state index is 11.4. The smallest absolute Gasteiger partial charge is 0.334 e. The highest BCUT2D eigenvalue weighted by Crippen LogP contribution is 2.02. The Bertz CT molecular complexity index is 441. The van der Waals surface area contributed by atoms with Gasteiger partial charge in [0.05, 0.1) is 12.2 Å². The number of hydrogen-bond donors (Lipinski definition) is 3. The summed E-state index contributed by atoms with van der Waals surface area (Å²) in [6.45, 7) is 3.90. The molecule has 7 heteroatoms. The quantitative estimate of drug-likeness (QED) is 0.632. The minimum Gasteiger partial charge on any atom is -0.479 e. The lowest BCUT2D eigenvalue weighted by Crippen LogP contribution is -2.36. The summed E-state index contributed by atoms with van der Waals surface area (Å²) in [5.41, 5.74) is 1.85. The number of carbonyl (C=O) groups excluding carboxylic acids is 1. The first kappa shape index (κ1) is 14.2. The number of carboxylic acids is 1. The molecule has 0 aliphatic heterocycles. The summed E-state index contributed by atoms with van der Waals surface area (Å²) < 4.78 is 1.71. The predicted molar refractivity (Wildman–Crippen MR) is 63.0 cm³/mol. The maximum Gasteiger partial charge on any atom is 0.334 e. The average Bonchev–Trinajstić information content (AvgIpc) is 2.61. The van der Waals surface area contributed by atoms with Crippen LogP contribution in [0.5, 0.6) is 0 Å². The number of nitrogens with one attached hydrogen (secondary N) is 1. The summed E-state index contributed by atoms with van der Waals surface area (Å²) >= 11 is 0. The summed E-state index contributed by atoms with van der Waals surface area (Å²) in [5.74, 6) is -1.67. The normalized spacial score (nSPS) is 12.2. The van der Waals surface area contributed by atoms with E-state index in [2.05, 4.69) is 10.4 Å². The van der Waals surface area contributed by atoms with E-state index >= 15 is 0 Å². The molecule has 0 unspecified atom stereocenters. The number of aliphatic carboxylic acids is 1. The third-order valence-electron chi connectivity index (χ3n) is 2.43. The Morgan fingerprint density at radius 1 is 1.50 bits per heavy atom. The monoisotopic (exact) mass is 255 g/mol. The molecule has 3 N–H and O–H groups in total. The van der Waals surface area contributed by atoms with Gasteiger partial charge in [0.1, 0.15) is 0 Å². The second kappa shape index (κ2) is 6.15. The molecule has 0 fully saturated rings. The molecule has 100 valence electrons. The first-order valence-electron chi connectivity index (χ1n) is 5.58. The van der Waals surface area contributed by atoms with Crippen molar-refractivity contribution in [2.24, 2.45) is 0 Å². The number of hydrogen-bond acceptors (Lipinski definition) is 4. The third-order valence-corrected chi connectivity index (χ3v) is 2.43. The summed E-state index contributed by atoms with van der Waals surface area (Å²) in [4.78, 5) is 21.7. The lowest BCUT2D eigenvalue weighted by molar-refractivity contribution is -0.146. The van der Waals surface area contributed by atoms with Gasteiger partial charge in [-0.3, -0.25) is 9.48 Å². The Kier molecular flexibility index (Phi) is 4.85.